The average Bonchev–Trinajstić information content (AvgIpc) is 3.07. The van der Waals surface area contributed by atoms with Crippen molar-refractivity contribution in [3.63, 3.8) is 0 Å². The van der Waals surface area contributed by atoms with Gasteiger partial charge in [0, 0.05) is 37.1 Å². The molecule has 7 nitrogen and oxygen atoms in total. The van der Waals surface area contributed by atoms with Gasteiger partial charge in [-0.3, -0.25) is 14.4 Å². The molecule has 0 spiro atoms. The van der Waals surface area contributed by atoms with Gasteiger partial charge in [-0.2, -0.15) is 11.8 Å². The summed E-state index contributed by atoms with van der Waals surface area (Å²) in [5.41, 5.74) is -0.954. The van der Waals surface area contributed by atoms with Gasteiger partial charge in [0.2, 0.25) is 11.8 Å². The van der Waals surface area contributed by atoms with E-state index in [9.17, 15) is 19.5 Å². The van der Waals surface area contributed by atoms with Crippen molar-refractivity contribution in [2.75, 3.05) is 31.7 Å². The molecule has 0 radical (unpaired) electrons. The first kappa shape index (κ1) is 51.0. The molecular formula is C39H70N2O5S. The molecule has 0 saturated heterocycles. The van der Waals surface area contributed by atoms with E-state index >= 15 is 0 Å². The van der Waals surface area contributed by atoms with Crippen LogP contribution < -0.4 is 10.6 Å². The number of esters is 1. The third-order valence-electron chi connectivity index (χ3n) is 5.78. The van der Waals surface area contributed by atoms with Gasteiger partial charge in [-0.15, -0.1) is 13.2 Å². The van der Waals surface area contributed by atoms with E-state index in [1.807, 2.05) is 20.1 Å². The van der Waals surface area contributed by atoms with Crippen LogP contribution in [0.1, 0.15) is 113 Å². The largest absolute Gasteiger partial charge is 0.465 e. The molecule has 2 amide bonds. The molecule has 1 atom stereocenters. The average molecular weight is 679 g/mol. The molecule has 0 bridgehead atoms. The van der Waals surface area contributed by atoms with E-state index in [1.54, 1.807) is 25.6 Å². The first-order chi connectivity index (χ1) is 22.7. The second kappa shape index (κ2) is 41.2. The van der Waals surface area contributed by atoms with Crippen molar-refractivity contribution in [2.24, 2.45) is 5.41 Å². The van der Waals surface area contributed by atoms with E-state index in [-0.39, 0.29) is 37.9 Å². The maximum atomic E-state index is 12.3. The second-order valence-electron chi connectivity index (χ2n) is 10.7. The zero-order valence-corrected chi connectivity index (χ0v) is 32.0. The second-order valence-corrected chi connectivity index (χ2v) is 11.7. The van der Waals surface area contributed by atoms with Gasteiger partial charge >= 0.3 is 5.97 Å². The van der Waals surface area contributed by atoms with Crippen LogP contribution >= 0.6 is 11.8 Å². The summed E-state index contributed by atoms with van der Waals surface area (Å²) in [4.78, 5) is 36.1. The lowest BCUT2D eigenvalue weighted by Gasteiger charge is -2.29. The van der Waals surface area contributed by atoms with Crippen LogP contribution in [0.4, 0.5) is 0 Å². The highest BCUT2D eigenvalue weighted by Crippen LogP contribution is 2.22. The number of thioether (sulfide) groups is 1. The third kappa shape index (κ3) is 39.3. The fraction of sp³-hybridized carbons (Fsp3) is 0.615. The van der Waals surface area contributed by atoms with Gasteiger partial charge in [-0.1, -0.05) is 116 Å². The lowest BCUT2D eigenvalue weighted by Crippen LogP contribution is -2.47. The predicted molar refractivity (Wildman–Crippen MR) is 207 cm³/mol. The summed E-state index contributed by atoms with van der Waals surface area (Å²) in [6.45, 7) is 20.4. The molecule has 0 aromatic rings. The number of hydrogen-bond donors (Lipinski definition) is 3. The number of carbonyl (C=O) groups is 3. The topological polar surface area (TPSA) is 105 Å². The lowest BCUT2D eigenvalue weighted by molar-refractivity contribution is -0.153. The number of unbranched alkanes of at least 4 members (excludes halogenated alkanes) is 1. The lowest BCUT2D eigenvalue weighted by atomic mass is 9.87. The Bertz CT molecular complexity index is 879. The number of hydrogen-bond acceptors (Lipinski definition) is 6. The van der Waals surface area contributed by atoms with Crippen LogP contribution in [0.5, 0.6) is 0 Å². The number of aliphatic hydroxyl groups is 1. The van der Waals surface area contributed by atoms with Gasteiger partial charge in [0.1, 0.15) is 6.10 Å². The highest BCUT2D eigenvalue weighted by molar-refractivity contribution is 7.98. The van der Waals surface area contributed by atoms with Gasteiger partial charge in [-0.25, -0.2) is 0 Å². The molecule has 0 aromatic heterocycles. The first-order valence-electron chi connectivity index (χ1n) is 17.3. The van der Waals surface area contributed by atoms with E-state index in [2.05, 4.69) is 105 Å². The summed E-state index contributed by atoms with van der Waals surface area (Å²) >= 11 is 1.64. The summed E-state index contributed by atoms with van der Waals surface area (Å²) in [7, 11) is 0. The summed E-state index contributed by atoms with van der Waals surface area (Å²) in [6, 6.07) is 0. The van der Waals surface area contributed by atoms with E-state index in [0.717, 1.165) is 44.3 Å². The normalized spacial score (nSPS) is 11.9. The molecule has 47 heavy (non-hydrogen) atoms. The minimum absolute atomic E-state index is 0.0722. The zero-order chi connectivity index (χ0) is 36.6. The molecule has 0 aliphatic carbocycles. The highest BCUT2D eigenvalue weighted by Gasteiger charge is 2.34. The van der Waals surface area contributed by atoms with E-state index < -0.39 is 17.4 Å². The van der Waals surface area contributed by atoms with Crippen LogP contribution in [0, 0.1) is 5.41 Å². The molecule has 0 unspecified atom stereocenters. The molecule has 272 valence electrons. The Hall–Kier alpha value is -2.84. The highest BCUT2D eigenvalue weighted by atomic mass is 32.2. The number of nitrogens with one attached hydrogen (secondary N) is 2. The van der Waals surface area contributed by atoms with Gasteiger partial charge in [-0.05, 0) is 51.2 Å². The molecular weight excluding hydrogens is 609 g/mol. The van der Waals surface area contributed by atoms with Gasteiger partial charge in [0.05, 0.1) is 6.61 Å². The quantitative estimate of drug-likeness (QED) is 0.0566. The monoisotopic (exact) mass is 679 g/mol. The molecule has 8 heteroatoms. The summed E-state index contributed by atoms with van der Waals surface area (Å²) in [5, 5.41) is 15.7. The van der Waals surface area contributed by atoms with Crippen molar-refractivity contribution < 1.29 is 24.2 Å². The number of amides is 2. The van der Waals surface area contributed by atoms with Crippen molar-refractivity contribution in [1.29, 1.82) is 0 Å². The number of allylic oxidation sites excluding steroid dienone is 10. The van der Waals surface area contributed by atoms with Crippen molar-refractivity contribution >= 4 is 29.5 Å². The standard InChI is InChI=1S/C32H52N2O5S.C3H8.C2H6.C2H4/c1-5-6-7-8-9-10-11-12-13-14-15-16-17-18-19-20-21-22-29(36)39-27-32(2,3)30(37)31(38)34-24-23-28(35)33-25-26-40-4;1-3-2;2*1-2/h6-7,9-10,12-13,15-16,18-19,30,37H,5,8,11,14,17,20-27H2,1-4H3,(H,33,35)(H,34,38);3H2,1-2H3;1-2H3;1-2H2/b7-6-,10-9-,13-12-,16-15-,19-18-;;;/t30-;;;/m0.../s1. The SMILES string of the molecule is C=C.CC.CC/C=C\C/C=C\C/C=C\C/C=C\C/C=C\CCCC(=O)OCC(C)(C)[C@@H](O)C(=O)NCCC(=O)NCCSC.CCC. The van der Waals surface area contributed by atoms with E-state index in [4.69, 9.17) is 4.74 Å². The molecule has 3 N–H and O–H groups in total. The number of ether oxygens (including phenoxy) is 1. The van der Waals surface area contributed by atoms with Crippen molar-refractivity contribution in [1.82, 2.24) is 10.6 Å². The predicted octanol–water partition coefficient (Wildman–Crippen LogP) is 9.07. The Kier molecular flexibility index (Phi) is 44.7. The molecule has 0 aliphatic rings. The maximum Gasteiger partial charge on any atom is 0.305 e. The van der Waals surface area contributed by atoms with Crippen LogP contribution in [0.3, 0.4) is 0 Å². The van der Waals surface area contributed by atoms with Crippen molar-refractivity contribution in [3.05, 3.63) is 73.9 Å². The van der Waals surface area contributed by atoms with Gasteiger partial charge < -0.3 is 20.5 Å². The molecule has 0 aromatic carbocycles. The smallest absolute Gasteiger partial charge is 0.305 e. The first-order valence-corrected chi connectivity index (χ1v) is 18.7. The Balaban J connectivity index is -0.00000122. The Morgan fingerprint density at radius 3 is 1.72 bits per heavy atom. The van der Waals surface area contributed by atoms with Gasteiger partial charge in [0.15, 0.2) is 0 Å². The fourth-order valence-electron chi connectivity index (χ4n) is 3.28. The minimum Gasteiger partial charge on any atom is -0.465 e. The van der Waals surface area contributed by atoms with Crippen LogP contribution in [0.15, 0.2) is 73.9 Å². The summed E-state index contributed by atoms with van der Waals surface area (Å²) in [6.07, 6.45) is 30.0. The molecule has 0 heterocycles. The number of aliphatic hydroxyl groups excluding tert-OH is 1. The Morgan fingerprint density at radius 2 is 1.26 bits per heavy atom. The minimum atomic E-state index is -1.36. The maximum absolute atomic E-state index is 12.3. The zero-order valence-electron chi connectivity index (χ0n) is 31.2. The van der Waals surface area contributed by atoms with Crippen LogP contribution in [-0.2, 0) is 19.1 Å². The Morgan fingerprint density at radius 1 is 0.787 bits per heavy atom. The van der Waals surface area contributed by atoms with Crippen LogP contribution in [0.2, 0.25) is 0 Å². The van der Waals surface area contributed by atoms with Crippen molar-refractivity contribution in [2.45, 2.75) is 119 Å². The number of carbonyl (C=O) groups excluding carboxylic acids is 3. The van der Waals surface area contributed by atoms with Crippen LogP contribution in [-0.4, -0.2) is 60.7 Å². The number of rotatable bonds is 23. The molecule has 0 saturated carbocycles. The summed E-state index contributed by atoms with van der Waals surface area (Å²) < 4.78 is 5.31. The molecule has 0 aliphatic heterocycles. The molecule has 0 fully saturated rings. The van der Waals surface area contributed by atoms with Crippen LogP contribution in [0.25, 0.3) is 0 Å². The van der Waals surface area contributed by atoms with E-state index in [1.165, 1.54) is 6.42 Å². The Labute approximate surface area is 293 Å². The van der Waals surface area contributed by atoms with Crippen molar-refractivity contribution in [3.8, 4) is 0 Å². The molecule has 0 rings (SSSR count). The third-order valence-corrected chi connectivity index (χ3v) is 6.40. The van der Waals surface area contributed by atoms with E-state index in [0.29, 0.717) is 13.0 Å². The van der Waals surface area contributed by atoms with Gasteiger partial charge in [0.25, 0.3) is 0 Å². The summed E-state index contributed by atoms with van der Waals surface area (Å²) in [5.74, 6) is -0.263. The fourth-order valence-corrected chi connectivity index (χ4v) is 3.59.